The molecule has 2 aliphatic heterocycles. The fraction of sp³-hybridized carbons (Fsp3) is 0.478. The number of rotatable bonds is 6. The lowest BCUT2D eigenvalue weighted by Crippen LogP contribution is -2.47. The Bertz CT molecular complexity index is 847. The summed E-state index contributed by atoms with van der Waals surface area (Å²) in [5, 5.41) is 6.10. The number of anilines is 2. The standard InChI is InChI=1S/C23H31N5O3/c1-30-21-4-2-20(3-5-21)27-10-7-19(8-11-27)26-23(29)25-17-18-6-9-24-22(16-18)28-12-14-31-15-13-28/h2-6,9,16,19H,7-8,10-15,17H2,1H3,(H2,25,26,29). The van der Waals surface area contributed by atoms with Gasteiger partial charge in [0.15, 0.2) is 0 Å². The molecule has 3 heterocycles. The van der Waals surface area contributed by atoms with E-state index in [-0.39, 0.29) is 12.1 Å². The molecule has 8 heteroatoms. The minimum atomic E-state index is -0.118. The largest absolute Gasteiger partial charge is 0.497 e. The second kappa shape index (κ2) is 10.3. The van der Waals surface area contributed by atoms with Gasteiger partial charge in [0.1, 0.15) is 11.6 Å². The molecule has 0 aliphatic carbocycles. The first-order valence-corrected chi connectivity index (χ1v) is 10.9. The average molecular weight is 426 g/mol. The van der Waals surface area contributed by atoms with Gasteiger partial charge in [-0.3, -0.25) is 0 Å². The van der Waals surface area contributed by atoms with E-state index in [1.807, 2.05) is 24.3 Å². The molecule has 0 radical (unpaired) electrons. The SMILES string of the molecule is COc1ccc(N2CCC(NC(=O)NCc3ccnc(N4CCOCC4)c3)CC2)cc1. The van der Waals surface area contributed by atoms with Crippen LogP contribution in [0.3, 0.4) is 0 Å². The summed E-state index contributed by atoms with van der Waals surface area (Å²) in [6, 6.07) is 12.2. The van der Waals surface area contributed by atoms with Crippen LogP contribution in [-0.2, 0) is 11.3 Å². The van der Waals surface area contributed by atoms with Gasteiger partial charge in [0.25, 0.3) is 0 Å². The van der Waals surface area contributed by atoms with Crippen molar-refractivity contribution >= 4 is 17.5 Å². The number of hydrogen-bond donors (Lipinski definition) is 2. The maximum atomic E-state index is 12.4. The second-order valence-electron chi connectivity index (χ2n) is 7.91. The zero-order valence-corrected chi connectivity index (χ0v) is 18.0. The summed E-state index contributed by atoms with van der Waals surface area (Å²) in [4.78, 5) is 21.4. The predicted octanol–water partition coefficient (Wildman–Crippen LogP) is 2.39. The third kappa shape index (κ3) is 5.79. The number of piperidine rings is 1. The van der Waals surface area contributed by atoms with Crippen molar-refractivity contribution in [2.45, 2.75) is 25.4 Å². The predicted molar refractivity (Wildman–Crippen MR) is 121 cm³/mol. The van der Waals surface area contributed by atoms with E-state index in [1.54, 1.807) is 13.3 Å². The fourth-order valence-corrected chi connectivity index (χ4v) is 4.03. The molecule has 2 amide bonds. The van der Waals surface area contributed by atoms with Crippen molar-refractivity contribution in [3.63, 3.8) is 0 Å². The first-order chi connectivity index (χ1) is 15.2. The summed E-state index contributed by atoms with van der Waals surface area (Å²) in [5.41, 5.74) is 2.23. The highest BCUT2D eigenvalue weighted by Gasteiger charge is 2.21. The Morgan fingerprint density at radius 3 is 2.55 bits per heavy atom. The van der Waals surface area contributed by atoms with Crippen LogP contribution >= 0.6 is 0 Å². The molecule has 1 aromatic heterocycles. The number of pyridine rings is 1. The normalized spacial score (nSPS) is 17.3. The molecule has 8 nitrogen and oxygen atoms in total. The first-order valence-electron chi connectivity index (χ1n) is 10.9. The number of carbonyl (C=O) groups excluding carboxylic acids is 1. The van der Waals surface area contributed by atoms with Crippen molar-refractivity contribution in [1.29, 1.82) is 0 Å². The molecular formula is C23H31N5O3. The lowest BCUT2D eigenvalue weighted by atomic mass is 10.0. The van der Waals surface area contributed by atoms with Crippen molar-refractivity contribution in [3.05, 3.63) is 48.2 Å². The molecular weight excluding hydrogens is 394 g/mol. The van der Waals surface area contributed by atoms with E-state index in [2.05, 4.69) is 37.6 Å². The smallest absolute Gasteiger partial charge is 0.315 e. The van der Waals surface area contributed by atoms with Crippen LogP contribution in [0.2, 0.25) is 0 Å². The zero-order chi connectivity index (χ0) is 21.5. The lowest BCUT2D eigenvalue weighted by molar-refractivity contribution is 0.122. The van der Waals surface area contributed by atoms with E-state index < -0.39 is 0 Å². The summed E-state index contributed by atoms with van der Waals surface area (Å²) in [6.07, 6.45) is 3.65. The Kier molecular flexibility index (Phi) is 7.09. The molecule has 2 N–H and O–H groups in total. The minimum Gasteiger partial charge on any atom is -0.497 e. The summed E-state index contributed by atoms with van der Waals surface area (Å²) in [5.74, 6) is 1.80. The second-order valence-corrected chi connectivity index (χ2v) is 7.91. The molecule has 0 spiro atoms. The monoisotopic (exact) mass is 425 g/mol. The van der Waals surface area contributed by atoms with Gasteiger partial charge < -0.3 is 29.9 Å². The average Bonchev–Trinajstić information content (AvgIpc) is 2.84. The minimum absolute atomic E-state index is 0.118. The Hall–Kier alpha value is -3.00. The van der Waals surface area contributed by atoms with Crippen LogP contribution in [0.1, 0.15) is 18.4 Å². The first kappa shape index (κ1) is 21.2. The van der Waals surface area contributed by atoms with Crippen LogP contribution in [-0.4, -0.2) is 63.6 Å². The van der Waals surface area contributed by atoms with Crippen LogP contribution in [0.15, 0.2) is 42.6 Å². The topological polar surface area (TPSA) is 79.0 Å². The number of hydrogen-bond acceptors (Lipinski definition) is 6. The molecule has 166 valence electrons. The number of ether oxygens (including phenoxy) is 2. The van der Waals surface area contributed by atoms with Gasteiger partial charge in [-0.15, -0.1) is 0 Å². The number of nitrogens with one attached hydrogen (secondary N) is 2. The molecule has 1 aromatic carbocycles. The number of nitrogens with zero attached hydrogens (tertiary/aromatic N) is 3. The molecule has 0 bridgehead atoms. The van der Waals surface area contributed by atoms with Crippen LogP contribution < -0.4 is 25.2 Å². The van der Waals surface area contributed by atoms with Gasteiger partial charge in [-0.1, -0.05) is 0 Å². The quantitative estimate of drug-likeness (QED) is 0.740. The summed E-state index contributed by atoms with van der Waals surface area (Å²) >= 11 is 0. The van der Waals surface area contributed by atoms with E-state index in [0.717, 1.165) is 69.4 Å². The number of amides is 2. The Morgan fingerprint density at radius 2 is 1.84 bits per heavy atom. The number of urea groups is 1. The van der Waals surface area contributed by atoms with Crippen molar-refractivity contribution in [1.82, 2.24) is 15.6 Å². The van der Waals surface area contributed by atoms with Gasteiger partial charge in [-0.25, -0.2) is 9.78 Å². The fourth-order valence-electron chi connectivity index (χ4n) is 4.03. The van der Waals surface area contributed by atoms with E-state index in [0.29, 0.717) is 6.54 Å². The van der Waals surface area contributed by atoms with E-state index >= 15 is 0 Å². The number of methoxy groups -OCH3 is 1. The zero-order valence-electron chi connectivity index (χ0n) is 18.0. The maximum absolute atomic E-state index is 12.4. The van der Waals surface area contributed by atoms with Gasteiger partial charge in [0.05, 0.1) is 20.3 Å². The Morgan fingerprint density at radius 1 is 1.10 bits per heavy atom. The third-order valence-electron chi connectivity index (χ3n) is 5.87. The van der Waals surface area contributed by atoms with Crippen LogP contribution in [0.25, 0.3) is 0 Å². The van der Waals surface area contributed by atoms with Gasteiger partial charge in [-0.05, 0) is 54.8 Å². The molecule has 2 fully saturated rings. The third-order valence-corrected chi connectivity index (χ3v) is 5.87. The molecule has 2 saturated heterocycles. The summed E-state index contributed by atoms with van der Waals surface area (Å²) < 4.78 is 10.6. The molecule has 4 rings (SSSR count). The van der Waals surface area contributed by atoms with Gasteiger partial charge in [0.2, 0.25) is 0 Å². The van der Waals surface area contributed by atoms with Crippen LogP contribution in [0.5, 0.6) is 5.75 Å². The molecule has 0 atom stereocenters. The molecule has 0 unspecified atom stereocenters. The molecule has 2 aromatic rings. The number of carbonyl (C=O) groups is 1. The maximum Gasteiger partial charge on any atom is 0.315 e. The summed E-state index contributed by atoms with van der Waals surface area (Å²) in [6.45, 7) is 5.47. The molecule has 0 saturated carbocycles. The van der Waals surface area contributed by atoms with E-state index in [4.69, 9.17) is 9.47 Å². The highest BCUT2D eigenvalue weighted by Crippen LogP contribution is 2.23. The van der Waals surface area contributed by atoms with Crippen molar-refractivity contribution < 1.29 is 14.3 Å². The molecule has 2 aliphatic rings. The Balaban J connectivity index is 1.21. The summed E-state index contributed by atoms with van der Waals surface area (Å²) in [7, 11) is 1.68. The van der Waals surface area contributed by atoms with Gasteiger partial charge >= 0.3 is 6.03 Å². The van der Waals surface area contributed by atoms with Crippen molar-refractivity contribution in [2.75, 3.05) is 56.3 Å². The molecule has 31 heavy (non-hydrogen) atoms. The number of benzene rings is 1. The highest BCUT2D eigenvalue weighted by molar-refractivity contribution is 5.74. The highest BCUT2D eigenvalue weighted by atomic mass is 16.5. The number of morpholine rings is 1. The van der Waals surface area contributed by atoms with E-state index in [9.17, 15) is 4.79 Å². The lowest BCUT2D eigenvalue weighted by Gasteiger charge is -2.34. The van der Waals surface area contributed by atoms with Crippen LogP contribution in [0, 0.1) is 0 Å². The van der Waals surface area contributed by atoms with E-state index in [1.165, 1.54) is 5.69 Å². The van der Waals surface area contributed by atoms with Crippen LogP contribution in [0.4, 0.5) is 16.3 Å². The van der Waals surface area contributed by atoms with Gasteiger partial charge in [0, 0.05) is 50.6 Å². The number of aromatic nitrogens is 1. The van der Waals surface area contributed by atoms with Gasteiger partial charge in [-0.2, -0.15) is 0 Å². The van der Waals surface area contributed by atoms with Crippen molar-refractivity contribution in [2.24, 2.45) is 0 Å². The van der Waals surface area contributed by atoms with Crippen molar-refractivity contribution in [3.8, 4) is 5.75 Å². The Labute approximate surface area is 183 Å².